The van der Waals surface area contributed by atoms with Gasteiger partial charge < -0.3 is 73.6 Å². The molecule has 2 aromatic carbocycles. The second-order valence-electron chi connectivity index (χ2n) is 12.0. The summed E-state index contributed by atoms with van der Waals surface area (Å²) in [6.45, 7) is -0.627. The highest BCUT2D eigenvalue weighted by atomic mass is 16.7. The van der Waals surface area contributed by atoms with Gasteiger partial charge in [0, 0.05) is 11.8 Å². The lowest BCUT2D eigenvalue weighted by Crippen LogP contribution is -2.60. The van der Waals surface area contributed by atoms with Crippen LogP contribution in [-0.2, 0) is 23.7 Å². The topological polar surface area (TPSA) is 215 Å². The lowest BCUT2D eigenvalue weighted by atomic mass is 9.85. The van der Waals surface area contributed by atoms with Crippen LogP contribution in [0.4, 0.5) is 0 Å². The van der Waals surface area contributed by atoms with E-state index in [-0.39, 0.29) is 42.1 Å². The minimum Gasteiger partial charge on any atom is -0.504 e. The first kappa shape index (κ1) is 33.1. The van der Waals surface area contributed by atoms with E-state index in [4.69, 9.17) is 37.9 Å². The molecule has 0 spiro atoms. The number of aromatic hydroxyl groups is 1. The molecule has 12 atom stereocenters. The molecule has 15 heteroatoms. The molecule has 6 rings (SSSR count). The van der Waals surface area contributed by atoms with Gasteiger partial charge in [-0.25, -0.2) is 0 Å². The summed E-state index contributed by atoms with van der Waals surface area (Å²) in [5, 5.41) is 71.4. The molecule has 0 aliphatic carbocycles. The fourth-order valence-electron chi connectivity index (χ4n) is 6.47. The van der Waals surface area contributed by atoms with Crippen molar-refractivity contribution in [2.75, 3.05) is 47.3 Å². The number of aliphatic hydroxyl groups is 6. The van der Waals surface area contributed by atoms with Crippen molar-refractivity contribution < 1.29 is 73.6 Å². The average molecular weight is 653 g/mol. The summed E-state index contributed by atoms with van der Waals surface area (Å²) >= 11 is 0. The van der Waals surface area contributed by atoms with Crippen LogP contribution in [0.25, 0.3) is 0 Å². The Morgan fingerprint density at radius 1 is 0.783 bits per heavy atom. The van der Waals surface area contributed by atoms with Crippen LogP contribution < -0.4 is 14.2 Å². The fraction of sp³-hybridized carbons (Fsp3) is 0.613. The van der Waals surface area contributed by atoms with E-state index in [0.29, 0.717) is 24.7 Å². The summed E-state index contributed by atoms with van der Waals surface area (Å²) in [4.78, 5) is 0. The van der Waals surface area contributed by atoms with Crippen molar-refractivity contribution in [2.45, 2.75) is 60.9 Å². The number of fused-ring (bicyclic) bond motifs is 1. The second-order valence-corrected chi connectivity index (χ2v) is 12.0. The van der Waals surface area contributed by atoms with Crippen LogP contribution in [0.1, 0.15) is 23.3 Å². The average Bonchev–Trinajstić information content (AvgIpc) is 3.76. The fourth-order valence-corrected chi connectivity index (χ4v) is 6.47. The summed E-state index contributed by atoms with van der Waals surface area (Å²) in [6.07, 6.45) is -11.0. The Morgan fingerprint density at radius 2 is 1.41 bits per heavy atom. The molecule has 2 aromatic rings. The van der Waals surface area contributed by atoms with E-state index >= 15 is 0 Å². The van der Waals surface area contributed by atoms with Crippen LogP contribution in [0.5, 0.6) is 23.0 Å². The van der Waals surface area contributed by atoms with Gasteiger partial charge in [-0.3, -0.25) is 0 Å². The van der Waals surface area contributed by atoms with Gasteiger partial charge in [-0.05, 0) is 35.4 Å². The lowest BCUT2D eigenvalue weighted by Gasteiger charge is -2.40. The molecule has 254 valence electrons. The number of hydrogen-bond acceptors (Lipinski definition) is 15. The molecule has 12 unspecified atom stereocenters. The van der Waals surface area contributed by atoms with Gasteiger partial charge >= 0.3 is 0 Å². The maximum atomic E-state index is 10.6. The van der Waals surface area contributed by atoms with Crippen molar-refractivity contribution in [1.82, 2.24) is 0 Å². The third kappa shape index (κ3) is 6.02. The van der Waals surface area contributed by atoms with E-state index in [1.54, 1.807) is 30.3 Å². The molecule has 0 amide bonds. The number of benzene rings is 2. The van der Waals surface area contributed by atoms with Gasteiger partial charge in [0.25, 0.3) is 0 Å². The van der Waals surface area contributed by atoms with E-state index in [9.17, 15) is 35.7 Å². The first-order chi connectivity index (χ1) is 22.1. The van der Waals surface area contributed by atoms with Crippen LogP contribution in [0.2, 0.25) is 0 Å². The zero-order chi connectivity index (χ0) is 32.7. The first-order valence-corrected chi connectivity index (χ1v) is 15.0. The zero-order valence-corrected chi connectivity index (χ0v) is 25.2. The summed E-state index contributed by atoms with van der Waals surface area (Å²) < 4.78 is 45.6. The summed E-state index contributed by atoms with van der Waals surface area (Å²) in [6, 6.07) is 10.3. The summed E-state index contributed by atoms with van der Waals surface area (Å²) in [5.41, 5.74) is -0.207. The largest absolute Gasteiger partial charge is 0.504 e. The number of aliphatic hydroxyl groups excluding tert-OH is 5. The second kappa shape index (κ2) is 13.4. The number of hydrogen-bond donors (Lipinski definition) is 7. The third-order valence-electron chi connectivity index (χ3n) is 9.23. The van der Waals surface area contributed by atoms with Gasteiger partial charge in [0.05, 0.1) is 59.5 Å². The molecule has 0 saturated carbocycles. The van der Waals surface area contributed by atoms with Gasteiger partial charge in [0.1, 0.15) is 36.1 Å². The van der Waals surface area contributed by atoms with Crippen molar-refractivity contribution in [2.24, 2.45) is 11.8 Å². The maximum Gasteiger partial charge on any atom is 0.229 e. The van der Waals surface area contributed by atoms with Gasteiger partial charge in [-0.2, -0.15) is 0 Å². The highest BCUT2D eigenvalue weighted by Crippen LogP contribution is 2.51. The molecule has 4 fully saturated rings. The number of phenolic OH excluding ortho intramolecular Hbond substituents is 1. The van der Waals surface area contributed by atoms with E-state index in [1.165, 1.54) is 14.2 Å². The lowest BCUT2D eigenvalue weighted by molar-refractivity contribution is -0.289. The molecule has 15 nitrogen and oxygen atoms in total. The van der Waals surface area contributed by atoms with Crippen LogP contribution in [0.3, 0.4) is 0 Å². The number of methoxy groups -OCH3 is 2. The standard InChI is InChI=1S/C31H40O15/c1-39-20-7-14(3-5-18(20)33)26-16-9-42-27(17(16)10-41-26)15-4-6-19(21(8-15)40-2)45-29-25(36)24(35)23(34)22(46-29)11-43-30-28(37)31(38,12-32)13-44-30/h3-8,16-17,22-30,32-38H,9-13H2,1-2H3. The number of ether oxygens (including phenoxy) is 8. The molecule has 4 aliphatic heterocycles. The first-order valence-electron chi connectivity index (χ1n) is 15.0. The number of phenols is 1. The van der Waals surface area contributed by atoms with Gasteiger partial charge in [-0.15, -0.1) is 0 Å². The van der Waals surface area contributed by atoms with E-state index in [2.05, 4.69) is 0 Å². The Bertz CT molecular complexity index is 1360. The smallest absolute Gasteiger partial charge is 0.229 e. The normalized spacial score (nSPS) is 38.9. The Balaban J connectivity index is 1.12. The summed E-state index contributed by atoms with van der Waals surface area (Å²) in [5.74, 6) is 1.01. The minimum absolute atomic E-state index is 0.0397. The third-order valence-corrected chi connectivity index (χ3v) is 9.23. The van der Waals surface area contributed by atoms with Crippen LogP contribution in [-0.4, -0.2) is 132 Å². The predicted octanol–water partition coefficient (Wildman–Crippen LogP) is -0.872. The van der Waals surface area contributed by atoms with Crippen molar-refractivity contribution in [3.63, 3.8) is 0 Å². The Labute approximate surface area is 264 Å². The van der Waals surface area contributed by atoms with E-state index < -0.39 is 61.9 Å². The summed E-state index contributed by atoms with van der Waals surface area (Å²) in [7, 11) is 2.94. The molecule has 4 heterocycles. The number of rotatable bonds is 10. The maximum absolute atomic E-state index is 10.6. The highest BCUT2D eigenvalue weighted by molar-refractivity contribution is 5.45. The molecular weight excluding hydrogens is 612 g/mol. The van der Waals surface area contributed by atoms with E-state index in [1.807, 2.05) is 6.07 Å². The molecule has 46 heavy (non-hydrogen) atoms. The Kier molecular flexibility index (Phi) is 9.62. The van der Waals surface area contributed by atoms with E-state index in [0.717, 1.165) is 11.1 Å². The predicted molar refractivity (Wildman–Crippen MR) is 153 cm³/mol. The molecule has 7 N–H and O–H groups in total. The van der Waals surface area contributed by atoms with Gasteiger partial charge in [-0.1, -0.05) is 12.1 Å². The quantitative estimate of drug-likeness (QED) is 0.166. The van der Waals surface area contributed by atoms with Crippen molar-refractivity contribution in [1.29, 1.82) is 0 Å². The van der Waals surface area contributed by atoms with Crippen LogP contribution in [0.15, 0.2) is 36.4 Å². The Hall–Kier alpha value is -2.80. The molecule has 4 aliphatic rings. The van der Waals surface area contributed by atoms with Crippen molar-refractivity contribution in [3.8, 4) is 23.0 Å². The molecule has 0 bridgehead atoms. The van der Waals surface area contributed by atoms with Gasteiger partial charge in [0.15, 0.2) is 29.3 Å². The molecule has 0 aromatic heterocycles. The Morgan fingerprint density at radius 3 is 2.02 bits per heavy atom. The van der Waals surface area contributed by atoms with Crippen LogP contribution >= 0.6 is 0 Å². The molecular formula is C31H40O15. The van der Waals surface area contributed by atoms with Crippen LogP contribution in [0, 0.1) is 11.8 Å². The SMILES string of the molecule is COc1cc(C2OCC3C(c4ccc(OC5OC(COC6OCC(O)(CO)C6O)C(O)C(O)C5O)c(OC)c4)OCC23)ccc1O. The molecule has 4 saturated heterocycles. The van der Waals surface area contributed by atoms with Crippen molar-refractivity contribution in [3.05, 3.63) is 47.5 Å². The molecule has 0 radical (unpaired) electrons. The van der Waals surface area contributed by atoms with Gasteiger partial charge in [0.2, 0.25) is 6.29 Å². The monoisotopic (exact) mass is 652 g/mol. The van der Waals surface area contributed by atoms with Crippen molar-refractivity contribution >= 4 is 0 Å². The minimum atomic E-state index is -1.90. The zero-order valence-electron chi connectivity index (χ0n) is 25.2. The highest BCUT2D eigenvalue weighted by Gasteiger charge is 2.51.